The van der Waals surface area contributed by atoms with Crippen LogP contribution in [0.5, 0.6) is 5.75 Å². The van der Waals surface area contributed by atoms with Crippen LogP contribution in [-0.2, 0) is 0 Å². The smallest absolute Gasteiger partial charge is 0.136 e. The van der Waals surface area contributed by atoms with Crippen LogP contribution in [0.25, 0.3) is 0 Å². The van der Waals surface area contributed by atoms with E-state index in [-0.39, 0.29) is 6.10 Å². The van der Waals surface area contributed by atoms with Gasteiger partial charge in [0, 0.05) is 15.4 Å². The SMILES string of the molecule is C=C(C)CC(C)Oc1cc(Br)c(Br)c(Br)c1Br. The Morgan fingerprint density at radius 1 is 1.24 bits per heavy atom. The summed E-state index contributed by atoms with van der Waals surface area (Å²) in [7, 11) is 0. The van der Waals surface area contributed by atoms with E-state index in [2.05, 4.69) is 70.3 Å². The van der Waals surface area contributed by atoms with Gasteiger partial charge in [-0.15, -0.1) is 6.58 Å². The Balaban J connectivity index is 2.96. The highest BCUT2D eigenvalue weighted by atomic mass is 79.9. The van der Waals surface area contributed by atoms with Crippen molar-refractivity contribution in [3.8, 4) is 5.75 Å². The summed E-state index contributed by atoms with van der Waals surface area (Å²) >= 11 is 14.0. The summed E-state index contributed by atoms with van der Waals surface area (Å²) in [4.78, 5) is 0. The Bertz CT molecular complexity index is 443. The van der Waals surface area contributed by atoms with E-state index in [9.17, 15) is 0 Å². The summed E-state index contributed by atoms with van der Waals surface area (Å²) in [6.45, 7) is 7.93. The lowest BCUT2D eigenvalue weighted by molar-refractivity contribution is 0.220. The van der Waals surface area contributed by atoms with E-state index in [0.717, 1.165) is 35.6 Å². The molecule has 0 saturated carbocycles. The van der Waals surface area contributed by atoms with Gasteiger partial charge in [-0.25, -0.2) is 0 Å². The Morgan fingerprint density at radius 3 is 2.35 bits per heavy atom. The first-order valence-corrected chi connectivity index (χ1v) is 8.14. The van der Waals surface area contributed by atoms with E-state index in [0.29, 0.717) is 0 Å². The van der Waals surface area contributed by atoms with Crippen molar-refractivity contribution in [3.63, 3.8) is 0 Å². The number of ether oxygens (including phenoxy) is 1. The normalized spacial score (nSPS) is 12.4. The number of benzene rings is 1. The molecule has 0 spiro atoms. The molecular formula is C12H12Br4O. The van der Waals surface area contributed by atoms with Crippen LogP contribution < -0.4 is 4.74 Å². The first kappa shape index (κ1) is 15.7. The highest BCUT2D eigenvalue weighted by Gasteiger charge is 2.14. The molecule has 1 rings (SSSR count). The topological polar surface area (TPSA) is 9.23 Å². The Hall–Kier alpha value is 0.680. The molecule has 0 aliphatic heterocycles. The van der Waals surface area contributed by atoms with Crippen LogP contribution in [-0.4, -0.2) is 6.10 Å². The molecule has 17 heavy (non-hydrogen) atoms. The Morgan fingerprint density at radius 2 is 1.82 bits per heavy atom. The molecule has 1 atom stereocenters. The lowest BCUT2D eigenvalue weighted by Crippen LogP contribution is -2.12. The molecule has 0 aliphatic carbocycles. The predicted molar refractivity (Wildman–Crippen MR) is 86.8 cm³/mol. The summed E-state index contributed by atoms with van der Waals surface area (Å²) < 4.78 is 9.63. The fourth-order valence-electron chi connectivity index (χ4n) is 1.39. The average molecular weight is 492 g/mol. The second-order valence-electron chi connectivity index (χ2n) is 3.89. The van der Waals surface area contributed by atoms with Gasteiger partial charge in [-0.05, 0) is 83.6 Å². The largest absolute Gasteiger partial charge is 0.489 e. The summed E-state index contributed by atoms with van der Waals surface area (Å²) in [5, 5.41) is 0. The van der Waals surface area contributed by atoms with Crippen molar-refractivity contribution < 1.29 is 4.74 Å². The predicted octanol–water partition coefficient (Wildman–Crippen LogP) is 6.47. The number of hydrogen-bond donors (Lipinski definition) is 0. The summed E-state index contributed by atoms with van der Waals surface area (Å²) in [6, 6.07) is 1.94. The highest BCUT2D eigenvalue weighted by Crippen LogP contribution is 2.42. The lowest BCUT2D eigenvalue weighted by Gasteiger charge is -2.17. The molecule has 0 heterocycles. The van der Waals surface area contributed by atoms with E-state index in [4.69, 9.17) is 4.74 Å². The van der Waals surface area contributed by atoms with Gasteiger partial charge in [0.05, 0.1) is 15.0 Å². The molecule has 0 N–H and O–H groups in total. The van der Waals surface area contributed by atoms with E-state index in [1.54, 1.807) is 0 Å². The third-order valence-electron chi connectivity index (χ3n) is 2.03. The van der Waals surface area contributed by atoms with Crippen molar-refractivity contribution in [2.45, 2.75) is 26.4 Å². The van der Waals surface area contributed by atoms with E-state index in [1.165, 1.54) is 0 Å². The number of halogens is 4. The minimum absolute atomic E-state index is 0.101. The van der Waals surface area contributed by atoms with Crippen LogP contribution in [0.3, 0.4) is 0 Å². The van der Waals surface area contributed by atoms with Crippen molar-refractivity contribution in [2.75, 3.05) is 0 Å². The fraction of sp³-hybridized carbons (Fsp3) is 0.333. The van der Waals surface area contributed by atoms with Crippen molar-refractivity contribution in [3.05, 3.63) is 36.1 Å². The van der Waals surface area contributed by atoms with Crippen LogP contribution >= 0.6 is 63.7 Å². The molecule has 1 aromatic carbocycles. The van der Waals surface area contributed by atoms with Crippen LogP contribution in [0.4, 0.5) is 0 Å². The van der Waals surface area contributed by atoms with Gasteiger partial charge in [-0.3, -0.25) is 0 Å². The molecule has 0 aromatic heterocycles. The first-order valence-electron chi connectivity index (χ1n) is 4.97. The van der Waals surface area contributed by atoms with Crippen molar-refractivity contribution >= 4 is 63.7 Å². The van der Waals surface area contributed by atoms with Gasteiger partial charge in [0.25, 0.3) is 0 Å². The first-order chi connectivity index (χ1) is 7.82. The van der Waals surface area contributed by atoms with Crippen molar-refractivity contribution in [2.24, 2.45) is 0 Å². The molecule has 1 aromatic rings. The summed E-state index contributed by atoms with van der Waals surface area (Å²) in [5.41, 5.74) is 1.11. The molecule has 0 aliphatic rings. The number of rotatable bonds is 4. The zero-order chi connectivity index (χ0) is 13.2. The minimum atomic E-state index is 0.101. The Labute approximate surface area is 136 Å². The van der Waals surface area contributed by atoms with Crippen molar-refractivity contribution in [1.82, 2.24) is 0 Å². The second kappa shape index (κ2) is 6.73. The summed E-state index contributed by atoms with van der Waals surface area (Å²) in [5.74, 6) is 0.806. The van der Waals surface area contributed by atoms with Gasteiger partial charge in [-0.2, -0.15) is 0 Å². The zero-order valence-corrected chi connectivity index (χ0v) is 15.8. The van der Waals surface area contributed by atoms with Gasteiger partial charge in [0.2, 0.25) is 0 Å². The summed E-state index contributed by atoms with van der Waals surface area (Å²) in [6.07, 6.45) is 0.946. The van der Waals surface area contributed by atoms with E-state index in [1.807, 2.05) is 19.9 Å². The van der Waals surface area contributed by atoms with E-state index < -0.39 is 0 Å². The average Bonchev–Trinajstić information content (AvgIpc) is 2.21. The molecular weight excluding hydrogens is 480 g/mol. The highest BCUT2D eigenvalue weighted by molar-refractivity contribution is 9.15. The monoisotopic (exact) mass is 488 g/mol. The van der Waals surface area contributed by atoms with Gasteiger partial charge in [0.15, 0.2) is 0 Å². The molecule has 0 amide bonds. The Kier molecular flexibility index (Phi) is 6.23. The second-order valence-corrected chi connectivity index (χ2v) is 7.12. The number of hydrogen-bond acceptors (Lipinski definition) is 1. The molecule has 0 fully saturated rings. The van der Waals surface area contributed by atoms with Crippen LogP contribution in [0.15, 0.2) is 36.1 Å². The van der Waals surface area contributed by atoms with Crippen LogP contribution in [0.2, 0.25) is 0 Å². The van der Waals surface area contributed by atoms with E-state index >= 15 is 0 Å². The van der Waals surface area contributed by atoms with Crippen molar-refractivity contribution in [1.29, 1.82) is 0 Å². The molecule has 94 valence electrons. The van der Waals surface area contributed by atoms with Gasteiger partial charge in [0.1, 0.15) is 5.75 Å². The lowest BCUT2D eigenvalue weighted by atomic mass is 10.2. The van der Waals surface area contributed by atoms with Crippen LogP contribution in [0.1, 0.15) is 20.3 Å². The molecule has 0 radical (unpaired) electrons. The third-order valence-corrected chi connectivity index (χ3v) is 6.66. The standard InChI is InChI=1S/C12H12Br4O/c1-6(2)4-7(3)17-9-5-8(13)10(14)12(16)11(9)15/h5,7H,1,4H2,2-3H3. The van der Waals surface area contributed by atoms with Gasteiger partial charge in [-0.1, -0.05) is 5.57 Å². The van der Waals surface area contributed by atoms with Gasteiger partial charge >= 0.3 is 0 Å². The third kappa shape index (κ3) is 4.37. The zero-order valence-electron chi connectivity index (χ0n) is 9.49. The molecule has 5 heteroatoms. The molecule has 0 bridgehead atoms. The molecule has 1 unspecified atom stereocenters. The maximum Gasteiger partial charge on any atom is 0.136 e. The molecule has 1 nitrogen and oxygen atoms in total. The fourth-order valence-corrected chi connectivity index (χ4v) is 3.45. The maximum absolute atomic E-state index is 5.88. The molecule has 0 saturated heterocycles. The van der Waals surface area contributed by atoms with Crippen LogP contribution in [0, 0.1) is 0 Å². The van der Waals surface area contributed by atoms with Gasteiger partial charge < -0.3 is 4.74 Å². The minimum Gasteiger partial charge on any atom is -0.489 e. The quantitative estimate of drug-likeness (QED) is 0.266. The maximum atomic E-state index is 5.88.